The second-order valence-corrected chi connectivity index (χ2v) is 4.97. The maximum Gasteiger partial charge on any atom is 0.288 e. The molecule has 0 saturated carbocycles. The Bertz CT molecular complexity index is 703. The third kappa shape index (κ3) is 4.10. The molecule has 0 aliphatic heterocycles. The van der Waals surface area contributed by atoms with E-state index in [9.17, 15) is 19.3 Å². The highest BCUT2D eigenvalue weighted by Gasteiger charge is 2.14. The molecule has 108 valence electrons. The number of Topliss-reactive ketones (excluding diaryl/α,β-unsaturated/α-hetero) is 1. The Hall–Kier alpha value is -2.27. The molecule has 0 fully saturated rings. The molecule has 0 heterocycles. The third-order valence-corrected chi connectivity index (χ3v) is 3.22. The number of halogens is 2. The quantitative estimate of drug-likeness (QED) is 0.624. The van der Waals surface area contributed by atoms with Crippen LogP contribution in [0, 0.1) is 15.9 Å². The minimum absolute atomic E-state index is 0.0290. The molecular weight excluding hydrogens is 297 g/mol. The summed E-state index contributed by atoms with van der Waals surface area (Å²) in [5.41, 5.74) is 0.851. The number of benzene rings is 2. The normalized spacial score (nSPS) is 10.4. The van der Waals surface area contributed by atoms with Crippen molar-refractivity contribution in [2.45, 2.75) is 12.8 Å². The molecule has 0 bridgehead atoms. The molecule has 0 atom stereocenters. The first-order valence-electron chi connectivity index (χ1n) is 6.14. The zero-order chi connectivity index (χ0) is 15.4. The van der Waals surface area contributed by atoms with Crippen LogP contribution in [-0.2, 0) is 17.6 Å². The average molecular weight is 308 g/mol. The van der Waals surface area contributed by atoms with Crippen molar-refractivity contribution in [3.8, 4) is 0 Å². The number of nitrogens with zero attached hydrogens (tertiary/aromatic N) is 1. The van der Waals surface area contributed by atoms with E-state index in [0.717, 1.165) is 0 Å². The summed E-state index contributed by atoms with van der Waals surface area (Å²) in [6, 6.07) is 10.0. The van der Waals surface area contributed by atoms with Gasteiger partial charge in [0.15, 0.2) is 0 Å². The second-order valence-electron chi connectivity index (χ2n) is 4.57. The molecule has 0 aromatic heterocycles. The fraction of sp³-hybridized carbons (Fsp3) is 0.133. The van der Waals surface area contributed by atoms with Crippen molar-refractivity contribution in [3.05, 3.63) is 74.5 Å². The molecule has 2 rings (SSSR count). The lowest BCUT2D eigenvalue weighted by molar-refractivity contribution is -0.384. The van der Waals surface area contributed by atoms with E-state index in [4.69, 9.17) is 11.6 Å². The molecule has 0 radical (unpaired) electrons. The van der Waals surface area contributed by atoms with Gasteiger partial charge >= 0.3 is 0 Å². The Morgan fingerprint density at radius 2 is 1.81 bits per heavy atom. The molecular formula is C15H11ClFNO3. The van der Waals surface area contributed by atoms with E-state index in [1.54, 1.807) is 12.1 Å². The van der Waals surface area contributed by atoms with Gasteiger partial charge in [0.2, 0.25) is 0 Å². The summed E-state index contributed by atoms with van der Waals surface area (Å²) >= 11 is 5.71. The summed E-state index contributed by atoms with van der Waals surface area (Å²) in [6.45, 7) is 0. The molecule has 6 heteroatoms. The van der Waals surface area contributed by atoms with Crippen LogP contribution in [-0.4, -0.2) is 10.7 Å². The fourth-order valence-corrected chi connectivity index (χ4v) is 2.16. The van der Waals surface area contributed by atoms with Gasteiger partial charge in [-0.15, -0.1) is 0 Å². The molecule has 0 saturated heterocycles. The third-order valence-electron chi connectivity index (χ3n) is 2.90. The average Bonchev–Trinajstić information content (AvgIpc) is 2.40. The van der Waals surface area contributed by atoms with Gasteiger partial charge < -0.3 is 0 Å². The monoisotopic (exact) mass is 307 g/mol. The van der Waals surface area contributed by atoms with E-state index in [1.807, 2.05) is 0 Å². The predicted octanol–water partition coefficient (Wildman–Crippen LogP) is 3.74. The van der Waals surface area contributed by atoms with E-state index >= 15 is 0 Å². The van der Waals surface area contributed by atoms with Gasteiger partial charge in [-0.25, -0.2) is 4.39 Å². The Morgan fingerprint density at radius 1 is 1.14 bits per heavy atom. The molecule has 2 aromatic carbocycles. The van der Waals surface area contributed by atoms with Crippen LogP contribution in [0.4, 0.5) is 10.1 Å². The molecule has 0 aliphatic carbocycles. The van der Waals surface area contributed by atoms with Gasteiger partial charge in [0, 0.05) is 18.9 Å². The molecule has 4 nitrogen and oxygen atoms in total. The lowest BCUT2D eigenvalue weighted by Gasteiger charge is -2.03. The van der Waals surface area contributed by atoms with Crippen LogP contribution >= 0.6 is 11.6 Å². The van der Waals surface area contributed by atoms with Crippen molar-refractivity contribution in [1.29, 1.82) is 0 Å². The number of carbonyl (C=O) groups is 1. The second kappa shape index (κ2) is 6.45. The summed E-state index contributed by atoms with van der Waals surface area (Å²) in [7, 11) is 0. The first kappa shape index (κ1) is 15.1. The number of rotatable bonds is 5. The number of hydrogen-bond donors (Lipinski definition) is 0. The molecule has 2 aromatic rings. The van der Waals surface area contributed by atoms with Gasteiger partial charge in [0.25, 0.3) is 5.69 Å². The van der Waals surface area contributed by atoms with E-state index in [2.05, 4.69) is 0 Å². The number of nitro benzene ring substituents is 1. The molecule has 0 unspecified atom stereocenters. The van der Waals surface area contributed by atoms with Crippen molar-refractivity contribution in [3.63, 3.8) is 0 Å². The molecule has 21 heavy (non-hydrogen) atoms. The first-order chi connectivity index (χ1) is 9.95. The van der Waals surface area contributed by atoms with E-state index < -0.39 is 10.7 Å². The number of hydrogen-bond acceptors (Lipinski definition) is 3. The fourth-order valence-electron chi connectivity index (χ4n) is 1.97. The van der Waals surface area contributed by atoms with Crippen molar-refractivity contribution in [1.82, 2.24) is 0 Å². The van der Waals surface area contributed by atoms with E-state index in [-0.39, 0.29) is 29.3 Å². The van der Waals surface area contributed by atoms with Crippen LogP contribution < -0.4 is 0 Å². The standard InChI is InChI=1S/C15H11ClFNO3/c16-14-5-4-11(9-15(14)18(20)21)8-13(19)7-10-2-1-3-12(17)6-10/h1-6,9H,7-8H2. The summed E-state index contributed by atoms with van der Waals surface area (Å²) in [5.74, 6) is -0.556. The first-order valence-corrected chi connectivity index (χ1v) is 6.52. The van der Waals surface area contributed by atoms with E-state index in [0.29, 0.717) is 11.1 Å². The summed E-state index contributed by atoms with van der Waals surface area (Å²) in [4.78, 5) is 22.1. The molecule has 0 N–H and O–H groups in total. The smallest absolute Gasteiger partial charge is 0.288 e. The van der Waals surface area contributed by atoms with Crippen LogP contribution in [0.15, 0.2) is 42.5 Å². The highest BCUT2D eigenvalue weighted by Crippen LogP contribution is 2.25. The van der Waals surface area contributed by atoms with Gasteiger partial charge in [0.1, 0.15) is 16.6 Å². The van der Waals surface area contributed by atoms with Crippen LogP contribution in [0.25, 0.3) is 0 Å². The minimum atomic E-state index is -0.594. The zero-order valence-electron chi connectivity index (χ0n) is 10.9. The van der Waals surface area contributed by atoms with Crippen molar-refractivity contribution in [2.75, 3.05) is 0 Å². The molecule has 0 amide bonds. The lowest BCUT2D eigenvalue weighted by Crippen LogP contribution is -2.07. The minimum Gasteiger partial charge on any atom is -0.299 e. The summed E-state index contributed by atoms with van der Waals surface area (Å²) in [5, 5.41) is 10.8. The van der Waals surface area contributed by atoms with Gasteiger partial charge in [-0.3, -0.25) is 14.9 Å². The van der Waals surface area contributed by atoms with Crippen LogP contribution in [0.3, 0.4) is 0 Å². The SMILES string of the molecule is O=C(Cc1cccc(F)c1)Cc1ccc(Cl)c([N+](=O)[O-])c1. The van der Waals surface area contributed by atoms with Crippen molar-refractivity contribution < 1.29 is 14.1 Å². The Labute approximate surface area is 125 Å². The maximum absolute atomic E-state index is 13.0. The highest BCUT2D eigenvalue weighted by molar-refractivity contribution is 6.32. The van der Waals surface area contributed by atoms with E-state index in [1.165, 1.54) is 30.3 Å². The Kier molecular flexibility index (Phi) is 4.65. The highest BCUT2D eigenvalue weighted by atomic mass is 35.5. The van der Waals surface area contributed by atoms with Crippen LogP contribution in [0.5, 0.6) is 0 Å². The van der Waals surface area contributed by atoms with Gasteiger partial charge in [0.05, 0.1) is 4.92 Å². The van der Waals surface area contributed by atoms with Crippen LogP contribution in [0.2, 0.25) is 5.02 Å². The van der Waals surface area contributed by atoms with Gasteiger partial charge in [-0.1, -0.05) is 29.8 Å². The summed E-state index contributed by atoms with van der Waals surface area (Å²) < 4.78 is 13.0. The topological polar surface area (TPSA) is 60.2 Å². The number of carbonyl (C=O) groups excluding carboxylic acids is 1. The molecule has 0 aliphatic rings. The van der Waals surface area contributed by atoms with Gasteiger partial charge in [-0.2, -0.15) is 0 Å². The molecule has 0 spiro atoms. The Balaban J connectivity index is 2.09. The maximum atomic E-state index is 13.0. The summed E-state index contributed by atoms with van der Waals surface area (Å²) in [6.07, 6.45) is 0.114. The van der Waals surface area contributed by atoms with Crippen molar-refractivity contribution >= 4 is 23.1 Å². The zero-order valence-corrected chi connectivity index (χ0v) is 11.6. The Morgan fingerprint density at radius 3 is 2.43 bits per heavy atom. The van der Waals surface area contributed by atoms with Gasteiger partial charge in [-0.05, 0) is 29.3 Å². The van der Waals surface area contributed by atoms with Crippen molar-refractivity contribution in [2.24, 2.45) is 0 Å². The lowest BCUT2D eigenvalue weighted by atomic mass is 10.0. The van der Waals surface area contributed by atoms with Crippen LogP contribution in [0.1, 0.15) is 11.1 Å². The predicted molar refractivity (Wildman–Crippen MR) is 76.9 cm³/mol. The number of ketones is 1. The number of nitro groups is 1. The largest absolute Gasteiger partial charge is 0.299 e.